The third-order valence-electron chi connectivity index (χ3n) is 6.02. The van der Waals surface area contributed by atoms with E-state index < -0.39 is 5.97 Å². The molecule has 32 heavy (non-hydrogen) atoms. The molecule has 3 aromatic carbocycles. The fraction of sp³-hybridized carbons (Fsp3) is 0.148. The molecule has 5 rings (SSSR count). The third-order valence-corrected chi connectivity index (χ3v) is 6.02. The van der Waals surface area contributed by atoms with E-state index in [0.29, 0.717) is 24.3 Å². The number of fused-ring (bicyclic) bond motifs is 1. The van der Waals surface area contributed by atoms with Gasteiger partial charge in [0.05, 0.1) is 23.1 Å². The molecule has 0 unspecified atom stereocenters. The van der Waals surface area contributed by atoms with Crippen LogP contribution in [0.1, 0.15) is 23.2 Å². The lowest BCUT2D eigenvalue weighted by molar-refractivity contribution is -0.122. The first-order valence-corrected chi connectivity index (χ1v) is 10.6. The first-order chi connectivity index (χ1) is 15.6. The Morgan fingerprint density at radius 3 is 2.03 bits per heavy atom. The van der Waals surface area contributed by atoms with Gasteiger partial charge in [-0.3, -0.25) is 14.5 Å². The summed E-state index contributed by atoms with van der Waals surface area (Å²) < 4.78 is 5.52. The van der Waals surface area contributed by atoms with E-state index in [1.807, 2.05) is 54.6 Å². The average Bonchev–Trinajstić information content (AvgIpc) is 3.10. The molecule has 0 aromatic heterocycles. The van der Waals surface area contributed by atoms with E-state index in [2.05, 4.69) is 0 Å². The van der Waals surface area contributed by atoms with Crippen LogP contribution in [0.5, 0.6) is 5.75 Å². The Balaban J connectivity index is 1.33. The van der Waals surface area contributed by atoms with Crippen LogP contribution in [0.4, 0.5) is 5.69 Å². The molecule has 2 amide bonds. The highest BCUT2D eigenvalue weighted by molar-refractivity contribution is 6.22. The second-order valence-corrected chi connectivity index (χ2v) is 8.00. The van der Waals surface area contributed by atoms with Crippen molar-refractivity contribution < 1.29 is 19.1 Å². The summed E-state index contributed by atoms with van der Waals surface area (Å²) in [5, 5.41) is 0. The maximum Gasteiger partial charge on any atom is 0.343 e. The molecule has 1 aliphatic heterocycles. The van der Waals surface area contributed by atoms with Gasteiger partial charge in [-0.05, 0) is 54.3 Å². The van der Waals surface area contributed by atoms with Gasteiger partial charge in [-0.15, -0.1) is 0 Å². The molecule has 1 aliphatic carbocycles. The smallest absolute Gasteiger partial charge is 0.343 e. The molecule has 0 spiro atoms. The first-order valence-electron chi connectivity index (χ1n) is 10.6. The van der Waals surface area contributed by atoms with Crippen LogP contribution in [0.25, 0.3) is 11.1 Å². The molecule has 5 nitrogen and oxygen atoms in total. The van der Waals surface area contributed by atoms with Gasteiger partial charge in [-0.1, -0.05) is 60.7 Å². The Morgan fingerprint density at radius 1 is 0.750 bits per heavy atom. The van der Waals surface area contributed by atoms with Gasteiger partial charge in [0.25, 0.3) is 0 Å². The Kier molecular flexibility index (Phi) is 5.15. The molecular weight excluding hydrogens is 402 g/mol. The lowest BCUT2D eigenvalue weighted by Gasteiger charge is -2.15. The molecule has 5 heteroatoms. The van der Waals surface area contributed by atoms with Crippen LogP contribution >= 0.6 is 0 Å². The predicted molar refractivity (Wildman–Crippen MR) is 121 cm³/mol. The standard InChI is InChI=1S/C27H21NO4/c29-25-23-11-4-5-12-24(23)26(30)28(25)21-10-6-9-20(17-21)27(31)32-22-15-13-19(14-16-22)18-7-2-1-3-8-18/h1-10,13-17,23-24H,11-12H2/t23-,24-/m0/s1. The number of ether oxygens (including phenoxy) is 1. The minimum atomic E-state index is -0.544. The molecule has 0 N–H and O–H groups in total. The summed E-state index contributed by atoms with van der Waals surface area (Å²) in [4.78, 5) is 39.6. The SMILES string of the molecule is O=C(Oc1ccc(-c2ccccc2)cc1)c1cccc(N2C(=O)[C@H]3CC=CC[C@@H]3C2=O)c1. The van der Waals surface area contributed by atoms with E-state index in [1.165, 1.54) is 4.90 Å². The van der Waals surface area contributed by atoms with Crippen LogP contribution in [-0.4, -0.2) is 17.8 Å². The number of amides is 2. The van der Waals surface area contributed by atoms with Crippen molar-refractivity contribution in [3.05, 3.63) is 96.6 Å². The molecule has 1 saturated heterocycles. The zero-order valence-corrected chi connectivity index (χ0v) is 17.3. The monoisotopic (exact) mass is 423 g/mol. The average molecular weight is 423 g/mol. The number of imide groups is 1. The highest BCUT2D eigenvalue weighted by atomic mass is 16.5. The van der Waals surface area contributed by atoms with Crippen LogP contribution < -0.4 is 9.64 Å². The summed E-state index contributed by atoms with van der Waals surface area (Å²) in [7, 11) is 0. The number of rotatable bonds is 4. The van der Waals surface area contributed by atoms with Crippen molar-refractivity contribution in [2.45, 2.75) is 12.8 Å². The fourth-order valence-electron chi connectivity index (χ4n) is 4.34. The highest BCUT2D eigenvalue weighted by Gasteiger charge is 2.47. The number of benzene rings is 3. The van der Waals surface area contributed by atoms with Crippen molar-refractivity contribution in [3.8, 4) is 16.9 Å². The van der Waals surface area contributed by atoms with Crippen LogP contribution in [0, 0.1) is 11.8 Å². The summed E-state index contributed by atoms with van der Waals surface area (Å²) in [6.45, 7) is 0. The summed E-state index contributed by atoms with van der Waals surface area (Å²) >= 11 is 0. The normalized spacial score (nSPS) is 19.7. The second kappa shape index (κ2) is 8.27. The van der Waals surface area contributed by atoms with Crippen LogP contribution in [0.15, 0.2) is 91.0 Å². The van der Waals surface area contributed by atoms with Crippen molar-refractivity contribution in [3.63, 3.8) is 0 Å². The van der Waals surface area contributed by atoms with Crippen molar-refractivity contribution in [1.29, 1.82) is 0 Å². The molecular formula is C27H21NO4. The molecule has 2 atom stereocenters. The molecule has 1 heterocycles. The summed E-state index contributed by atoms with van der Waals surface area (Å²) in [5.41, 5.74) is 2.79. The largest absolute Gasteiger partial charge is 0.423 e. The quantitative estimate of drug-likeness (QED) is 0.256. The van der Waals surface area contributed by atoms with Crippen LogP contribution in [-0.2, 0) is 9.59 Å². The molecule has 0 radical (unpaired) electrons. The Bertz CT molecular complexity index is 1190. The van der Waals surface area contributed by atoms with Gasteiger partial charge in [0, 0.05) is 0 Å². The predicted octanol–water partition coefficient (Wildman–Crippen LogP) is 5.03. The van der Waals surface area contributed by atoms with E-state index in [1.54, 1.807) is 36.4 Å². The molecule has 1 fully saturated rings. The highest BCUT2D eigenvalue weighted by Crippen LogP contribution is 2.37. The number of anilines is 1. The van der Waals surface area contributed by atoms with E-state index in [9.17, 15) is 14.4 Å². The van der Waals surface area contributed by atoms with Crippen molar-refractivity contribution in [2.24, 2.45) is 11.8 Å². The van der Waals surface area contributed by atoms with Gasteiger partial charge in [-0.2, -0.15) is 0 Å². The number of hydrogen-bond donors (Lipinski definition) is 0. The summed E-state index contributed by atoms with van der Waals surface area (Å²) in [6.07, 6.45) is 5.05. The Labute approximate surface area is 185 Å². The zero-order valence-electron chi connectivity index (χ0n) is 17.3. The minimum Gasteiger partial charge on any atom is -0.423 e. The number of nitrogens with zero attached hydrogens (tertiary/aromatic N) is 1. The zero-order chi connectivity index (χ0) is 22.1. The first kappa shape index (κ1) is 19.9. The summed E-state index contributed by atoms with van der Waals surface area (Å²) in [6, 6.07) is 23.7. The van der Waals surface area contributed by atoms with Gasteiger partial charge in [-0.25, -0.2) is 4.79 Å². The summed E-state index contributed by atoms with van der Waals surface area (Å²) in [5.74, 6) is -1.15. The van der Waals surface area contributed by atoms with E-state index in [4.69, 9.17) is 4.74 Å². The van der Waals surface area contributed by atoms with Gasteiger partial charge in [0.15, 0.2) is 0 Å². The maximum absolute atomic E-state index is 12.8. The Morgan fingerprint density at radius 2 is 1.38 bits per heavy atom. The molecule has 3 aromatic rings. The van der Waals surface area contributed by atoms with Crippen LogP contribution in [0.3, 0.4) is 0 Å². The van der Waals surface area contributed by atoms with E-state index in [-0.39, 0.29) is 29.2 Å². The number of hydrogen-bond acceptors (Lipinski definition) is 4. The van der Waals surface area contributed by atoms with E-state index >= 15 is 0 Å². The maximum atomic E-state index is 12.8. The van der Waals surface area contributed by atoms with E-state index in [0.717, 1.165) is 11.1 Å². The number of esters is 1. The number of carbonyl (C=O) groups excluding carboxylic acids is 3. The topological polar surface area (TPSA) is 63.7 Å². The lowest BCUT2D eigenvalue weighted by Crippen LogP contribution is -2.31. The van der Waals surface area contributed by atoms with Gasteiger partial charge in [0.1, 0.15) is 5.75 Å². The van der Waals surface area contributed by atoms with Crippen molar-refractivity contribution in [1.82, 2.24) is 0 Å². The second-order valence-electron chi connectivity index (χ2n) is 8.00. The van der Waals surface area contributed by atoms with Gasteiger partial charge < -0.3 is 4.74 Å². The number of carbonyl (C=O) groups is 3. The van der Waals surface area contributed by atoms with Crippen molar-refractivity contribution in [2.75, 3.05) is 4.90 Å². The molecule has 0 saturated carbocycles. The van der Waals surface area contributed by atoms with Gasteiger partial charge in [0.2, 0.25) is 11.8 Å². The minimum absolute atomic E-state index is 0.202. The molecule has 0 bridgehead atoms. The lowest BCUT2D eigenvalue weighted by atomic mass is 9.85. The third kappa shape index (κ3) is 3.62. The fourth-order valence-corrected chi connectivity index (χ4v) is 4.34. The van der Waals surface area contributed by atoms with Crippen molar-refractivity contribution >= 4 is 23.5 Å². The van der Waals surface area contributed by atoms with Crippen LogP contribution in [0.2, 0.25) is 0 Å². The molecule has 2 aliphatic rings. The van der Waals surface area contributed by atoms with Gasteiger partial charge >= 0.3 is 5.97 Å². The Hall–Kier alpha value is -3.99. The molecule has 158 valence electrons. The number of allylic oxidation sites excluding steroid dienone is 2.